The second-order valence-electron chi connectivity index (χ2n) is 6.87. The molecule has 132 valence electrons. The van der Waals surface area contributed by atoms with Crippen LogP contribution in [0.15, 0.2) is 30.3 Å². The van der Waals surface area contributed by atoms with E-state index in [9.17, 15) is 4.79 Å². The minimum atomic E-state index is 0.0366. The van der Waals surface area contributed by atoms with E-state index in [0.29, 0.717) is 12.3 Å². The number of benzene rings is 1. The smallest absolute Gasteiger partial charge is 0.225 e. The highest BCUT2D eigenvalue weighted by Crippen LogP contribution is 2.21. The predicted octanol–water partition coefficient (Wildman–Crippen LogP) is 2.49. The first-order chi connectivity index (χ1) is 11.7. The molecule has 2 fully saturated rings. The number of thioether (sulfide) groups is 1. The average molecular weight is 349 g/mol. The van der Waals surface area contributed by atoms with Crippen LogP contribution < -0.4 is 0 Å². The molecule has 0 aliphatic carbocycles. The van der Waals surface area contributed by atoms with Crippen LogP contribution in [0.4, 0.5) is 0 Å². The largest absolute Gasteiger partial charge is 0.375 e. The van der Waals surface area contributed by atoms with E-state index >= 15 is 0 Å². The van der Waals surface area contributed by atoms with Crippen LogP contribution >= 0.6 is 11.8 Å². The molecule has 2 aliphatic rings. The number of carbonyl (C=O) groups is 1. The summed E-state index contributed by atoms with van der Waals surface area (Å²) < 4.78 is 5.86. The van der Waals surface area contributed by atoms with E-state index in [0.717, 1.165) is 51.5 Å². The zero-order valence-electron chi connectivity index (χ0n) is 14.5. The predicted molar refractivity (Wildman–Crippen MR) is 99.1 cm³/mol. The Balaban J connectivity index is 1.46. The fourth-order valence-electron chi connectivity index (χ4n) is 3.64. The lowest BCUT2D eigenvalue weighted by atomic mass is 10.1. The van der Waals surface area contributed by atoms with E-state index in [1.165, 1.54) is 5.56 Å². The molecule has 0 aromatic heterocycles. The van der Waals surface area contributed by atoms with E-state index in [4.69, 9.17) is 4.74 Å². The van der Waals surface area contributed by atoms with Crippen molar-refractivity contribution < 1.29 is 9.53 Å². The molecule has 1 aromatic carbocycles. The van der Waals surface area contributed by atoms with Crippen LogP contribution in [0.5, 0.6) is 0 Å². The van der Waals surface area contributed by atoms with Crippen molar-refractivity contribution in [2.45, 2.75) is 25.5 Å². The molecule has 2 heterocycles. The van der Waals surface area contributed by atoms with Crippen molar-refractivity contribution >= 4 is 17.7 Å². The maximum atomic E-state index is 12.5. The van der Waals surface area contributed by atoms with Gasteiger partial charge in [0.05, 0.1) is 19.1 Å². The second-order valence-corrected chi connectivity index (χ2v) is 7.78. The van der Waals surface area contributed by atoms with Gasteiger partial charge in [0.1, 0.15) is 0 Å². The first kappa shape index (κ1) is 17.8. The Morgan fingerprint density at radius 3 is 2.88 bits per heavy atom. The Labute approximate surface area is 149 Å². The molecule has 24 heavy (non-hydrogen) atoms. The number of nitrogens with zero attached hydrogens (tertiary/aromatic N) is 2. The van der Waals surface area contributed by atoms with Crippen LogP contribution in [-0.4, -0.2) is 66.6 Å². The number of amides is 1. The number of likely N-dealkylation sites (tertiary alicyclic amines) is 1. The van der Waals surface area contributed by atoms with Gasteiger partial charge in [-0.05, 0) is 29.9 Å². The molecule has 1 aromatic rings. The van der Waals surface area contributed by atoms with Crippen molar-refractivity contribution in [3.05, 3.63) is 35.9 Å². The van der Waals surface area contributed by atoms with Crippen molar-refractivity contribution in [1.82, 2.24) is 9.80 Å². The average Bonchev–Trinajstić information content (AvgIpc) is 3.05. The molecule has 2 aliphatic heterocycles. The summed E-state index contributed by atoms with van der Waals surface area (Å²) in [6.45, 7) is 5.31. The zero-order valence-corrected chi connectivity index (χ0v) is 15.3. The normalized spacial score (nSPS) is 25.1. The number of morpholine rings is 1. The van der Waals surface area contributed by atoms with E-state index < -0.39 is 0 Å². The molecular formula is C19H28N2O2S. The fourth-order valence-corrected chi connectivity index (χ4v) is 4.39. The molecule has 0 spiro atoms. The van der Waals surface area contributed by atoms with Gasteiger partial charge in [-0.1, -0.05) is 30.3 Å². The molecule has 3 rings (SSSR count). The maximum absolute atomic E-state index is 12.5. The number of hydrogen-bond acceptors (Lipinski definition) is 4. The number of carbonyl (C=O) groups excluding carboxylic acids is 1. The molecule has 0 unspecified atom stereocenters. The van der Waals surface area contributed by atoms with Crippen LogP contribution in [0.25, 0.3) is 0 Å². The van der Waals surface area contributed by atoms with Crippen LogP contribution in [0.2, 0.25) is 0 Å². The molecule has 0 saturated carbocycles. The molecule has 4 nitrogen and oxygen atoms in total. The van der Waals surface area contributed by atoms with Crippen LogP contribution in [0, 0.1) is 5.92 Å². The lowest BCUT2D eigenvalue weighted by molar-refractivity contribution is -0.135. The highest BCUT2D eigenvalue weighted by atomic mass is 32.2. The lowest BCUT2D eigenvalue weighted by Crippen LogP contribution is -2.44. The molecular weight excluding hydrogens is 320 g/mol. The number of hydrogen-bond donors (Lipinski definition) is 0. The molecule has 0 N–H and O–H groups in total. The summed E-state index contributed by atoms with van der Waals surface area (Å²) >= 11 is 1.88. The van der Waals surface area contributed by atoms with Crippen LogP contribution in [-0.2, 0) is 16.1 Å². The zero-order chi connectivity index (χ0) is 16.8. The van der Waals surface area contributed by atoms with Crippen molar-refractivity contribution in [3.8, 4) is 0 Å². The summed E-state index contributed by atoms with van der Waals surface area (Å²) in [5.41, 5.74) is 1.32. The standard InChI is InChI=1S/C19H28N2O2S/c1-24-15-17-7-8-21(13-17)19(22)11-18-14-20(9-10-23-18)12-16-5-3-2-4-6-16/h2-6,17-18H,7-15H2,1H3/t17-,18+/m1/s1. The van der Waals surface area contributed by atoms with Gasteiger partial charge >= 0.3 is 0 Å². The third-order valence-corrected chi connectivity index (χ3v) is 5.72. The van der Waals surface area contributed by atoms with Gasteiger partial charge in [-0.2, -0.15) is 11.8 Å². The van der Waals surface area contributed by atoms with Gasteiger partial charge in [-0.3, -0.25) is 9.69 Å². The summed E-state index contributed by atoms with van der Waals surface area (Å²) in [6, 6.07) is 10.5. The van der Waals surface area contributed by atoms with Gasteiger partial charge in [0, 0.05) is 32.7 Å². The van der Waals surface area contributed by atoms with Crippen molar-refractivity contribution in [3.63, 3.8) is 0 Å². The molecule has 0 radical (unpaired) electrons. The molecule has 0 bridgehead atoms. The van der Waals surface area contributed by atoms with E-state index in [2.05, 4.69) is 35.4 Å². The number of ether oxygens (including phenoxy) is 1. The first-order valence-corrected chi connectivity index (χ1v) is 10.3. The molecule has 2 saturated heterocycles. The topological polar surface area (TPSA) is 32.8 Å². The van der Waals surface area contributed by atoms with Crippen molar-refractivity contribution in [2.75, 3.05) is 44.8 Å². The van der Waals surface area contributed by atoms with E-state index in [1.54, 1.807) is 0 Å². The molecule has 5 heteroatoms. The van der Waals surface area contributed by atoms with Gasteiger partial charge < -0.3 is 9.64 Å². The van der Waals surface area contributed by atoms with Crippen molar-refractivity contribution in [2.24, 2.45) is 5.92 Å². The van der Waals surface area contributed by atoms with Crippen LogP contribution in [0.1, 0.15) is 18.4 Å². The minimum absolute atomic E-state index is 0.0366. The summed E-state index contributed by atoms with van der Waals surface area (Å²) in [6.07, 6.45) is 3.85. The van der Waals surface area contributed by atoms with E-state index in [1.807, 2.05) is 22.7 Å². The summed E-state index contributed by atoms with van der Waals surface area (Å²) in [4.78, 5) is 17.0. The van der Waals surface area contributed by atoms with Gasteiger partial charge in [-0.15, -0.1) is 0 Å². The summed E-state index contributed by atoms with van der Waals surface area (Å²) in [5, 5.41) is 0. The van der Waals surface area contributed by atoms with Crippen LogP contribution in [0.3, 0.4) is 0 Å². The van der Waals surface area contributed by atoms with Crippen molar-refractivity contribution in [1.29, 1.82) is 0 Å². The number of rotatable bonds is 6. The summed E-state index contributed by atoms with van der Waals surface area (Å²) in [5.74, 6) is 2.10. The quantitative estimate of drug-likeness (QED) is 0.791. The molecule has 1 amide bonds. The van der Waals surface area contributed by atoms with Gasteiger partial charge in [-0.25, -0.2) is 0 Å². The monoisotopic (exact) mass is 348 g/mol. The third-order valence-electron chi connectivity index (χ3n) is 4.92. The Bertz CT molecular complexity index is 525. The first-order valence-electron chi connectivity index (χ1n) is 8.89. The Hall–Kier alpha value is -1.04. The maximum Gasteiger partial charge on any atom is 0.225 e. The fraction of sp³-hybridized carbons (Fsp3) is 0.632. The lowest BCUT2D eigenvalue weighted by Gasteiger charge is -2.33. The Morgan fingerprint density at radius 1 is 1.25 bits per heavy atom. The Morgan fingerprint density at radius 2 is 2.08 bits per heavy atom. The van der Waals surface area contributed by atoms with E-state index in [-0.39, 0.29) is 12.0 Å². The third kappa shape index (κ3) is 4.98. The SMILES string of the molecule is CSC[C@@H]1CCN(C(=O)C[C@H]2CN(Cc3ccccc3)CCO2)C1. The summed E-state index contributed by atoms with van der Waals surface area (Å²) in [7, 11) is 0. The highest BCUT2D eigenvalue weighted by molar-refractivity contribution is 7.98. The molecule has 2 atom stereocenters. The highest BCUT2D eigenvalue weighted by Gasteiger charge is 2.29. The Kier molecular flexibility index (Phi) is 6.58. The van der Waals surface area contributed by atoms with Gasteiger partial charge in [0.15, 0.2) is 0 Å². The minimum Gasteiger partial charge on any atom is -0.375 e. The van der Waals surface area contributed by atoms with Gasteiger partial charge in [0.2, 0.25) is 5.91 Å². The second kappa shape index (κ2) is 8.88. The van der Waals surface area contributed by atoms with Gasteiger partial charge in [0.25, 0.3) is 0 Å².